The molecule has 6 unspecified atom stereocenters. The zero-order chi connectivity index (χ0) is 74.6. The molecular weight excluding hydrogens is 1380 g/mol. The van der Waals surface area contributed by atoms with Crippen molar-refractivity contribution in [3.05, 3.63) is 130 Å². The van der Waals surface area contributed by atoms with E-state index in [1.54, 1.807) is 0 Å². The molecule has 6 aliphatic heterocycles. The number of nitrogens with two attached hydrogens (primary N) is 5. The number of hydrogen-bond acceptors (Lipinski definition) is 41. The van der Waals surface area contributed by atoms with E-state index < -0.39 is 208 Å². The van der Waals surface area contributed by atoms with E-state index in [9.17, 15) is 88.6 Å². The number of aromatic nitrogens is 14. The lowest BCUT2D eigenvalue weighted by Crippen LogP contribution is -2.41. The SMILES string of the molecule is Nc1ccn([C@@H]2O[C@H](CO)C(O)C2(F)F)c(=O)n1.Nc1ccn([C@@H]2O[C@H](CO)C(O)[C@H]2O)c(=O)n1.Nc1ncc([C@@H]2O[C@H](CO)C(O)[C@@H]2O)c(=O)[nH]1.Nc1ncn([C@@H]2O[C@H](CO)C(O)[C@@H]2O)c(=O)n1.Nc1ncn([C@H]2CC(O)[C@@H](CO)O2)c(=O)n1.O=c1ncccn1[C@@H]1O[C@H](CO)C(O)[C@@H]1O. The van der Waals surface area contributed by atoms with E-state index in [1.165, 1.54) is 43.2 Å². The van der Waals surface area contributed by atoms with Crippen molar-refractivity contribution < 1.29 is 119 Å². The van der Waals surface area contributed by atoms with Gasteiger partial charge in [-0.3, -0.25) is 32.6 Å². The Kier molecular flexibility index (Phi) is 27.3. The van der Waals surface area contributed by atoms with Gasteiger partial charge in [-0.1, -0.05) is 0 Å². The van der Waals surface area contributed by atoms with Crippen molar-refractivity contribution in [2.75, 3.05) is 68.3 Å². The lowest BCUT2D eigenvalue weighted by Gasteiger charge is -2.20. The number of aliphatic hydroxyl groups excluding tert-OH is 16. The van der Waals surface area contributed by atoms with E-state index in [4.69, 9.17) is 87.7 Å². The smallest absolute Gasteiger partial charge is 0.354 e. The highest BCUT2D eigenvalue weighted by Gasteiger charge is 2.59. The minimum absolute atomic E-state index is 0.0505. The van der Waals surface area contributed by atoms with Gasteiger partial charge in [-0.15, -0.1) is 0 Å². The summed E-state index contributed by atoms with van der Waals surface area (Å²) in [6.07, 6.45) is -17.4. The first-order valence-corrected chi connectivity index (χ1v) is 29.5. The van der Waals surface area contributed by atoms with Crippen molar-refractivity contribution in [3.8, 4) is 0 Å². The monoisotopic (exact) mass is 1450 g/mol. The van der Waals surface area contributed by atoms with E-state index in [1.807, 2.05) is 0 Å². The van der Waals surface area contributed by atoms with Crippen LogP contribution in [0.1, 0.15) is 49.2 Å². The molecule has 558 valence electrons. The van der Waals surface area contributed by atoms with Crippen molar-refractivity contribution in [2.24, 2.45) is 0 Å². The predicted octanol–water partition coefficient (Wildman–Crippen LogP) is -13.8. The van der Waals surface area contributed by atoms with E-state index in [-0.39, 0.29) is 48.1 Å². The second-order valence-electron chi connectivity index (χ2n) is 22.1. The van der Waals surface area contributed by atoms with Gasteiger partial charge in [-0.25, -0.2) is 43.9 Å². The Morgan fingerprint density at radius 2 is 0.891 bits per heavy atom. The fourth-order valence-electron chi connectivity index (χ4n) is 10.1. The van der Waals surface area contributed by atoms with Crippen molar-refractivity contribution in [1.82, 2.24) is 67.7 Å². The summed E-state index contributed by atoms with van der Waals surface area (Å²) in [4.78, 5) is 99.1. The third kappa shape index (κ3) is 18.3. The number of aliphatic hydroxyl groups is 16. The van der Waals surface area contributed by atoms with Gasteiger partial charge in [-0.2, -0.15) is 28.7 Å². The van der Waals surface area contributed by atoms with Gasteiger partial charge in [0.2, 0.25) is 18.1 Å². The average molecular weight is 1450 g/mol. The van der Waals surface area contributed by atoms with Crippen LogP contribution in [0.3, 0.4) is 0 Å². The number of aromatic amines is 1. The van der Waals surface area contributed by atoms with E-state index in [0.717, 1.165) is 36.9 Å². The number of hydrogen-bond donors (Lipinski definition) is 22. The summed E-state index contributed by atoms with van der Waals surface area (Å²) in [5.41, 5.74) is 22.1. The number of nitrogens with zero attached hydrogens (tertiary/aromatic N) is 13. The summed E-state index contributed by atoms with van der Waals surface area (Å²) in [5, 5.41) is 149. The van der Waals surface area contributed by atoms with Gasteiger partial charge in [0.05, 0.1) is 51.3 Å². The molecule has 0 amide bonds. The number of nitrogens with one attached hydrogen (secondary N) is 1. The van der Waals surface area contributed by atoms with Crippen LogP contribution in [0, 0.1) is 0 Å². The third-order valence-corrected chi connectivity index (χ3v) is 15.5. The summed E-state index contributed by atoms with van der Waals surface area (Å²) < 4.78 is 62.8. The molecule has 12 heterocycles. The van der Waals surface area contributed by atoms with Crippen LogP contribution in [0.2, 0.25) is 0 Å². The molecule has 101 heavy (non-hydrogen) atoms. The van der Waals surface area contributed by atoms with E-state index in [0.29, 0.717) is 4.57 Å². The molecule has 0 bridgehead atoms. The molecule has 0 spiro atoms. The Morgan fingerprint density at radius 1 is 0.465 bits per heavy atom. The topological polar surface area (TPSA) is 755 Å². The molecule has 6 aromatic heterocycles. The molecule has 47 nitrogen and oxygen atoms in total. The Morgan fingerprint density at radius 3 is 1.30 bits per heavy atom. The molecule has 6 aromatic rings. The number of halogens is 2. The maximum absolute atomic E-state index is 13.7. The summed E-state index contributed by atoms with van der Waals surface area (Å²) >= 11 is 0. The molecule has 0 aromatic carbocycles. The van der Waals surface area contributed by atoms with E-state index in [2.05, 4.69) is 44.9 Å². The highest BCUT2D eigenvalue weighted by Crippen LogP contribution is 2.42. The summed E-state index contributed by atoms with van der Waals surface area (Å²) in [6, 6.07) is 4.03. The van der Waals surface area contributed by atoms with Crippen molar-refractivity contribution in [1.29, 1.82) is 0 Å². The van der Waals surface area contributed by atoms with Crippen molar-refractivity contribution in [2.45, 2.75) is 147 Å². The van der Waals surface area contributed by atoms with Crippen LogP contribution in [0.15, 0.2) is 90.6 Å². The predicted molar refractivity (Wildman–Crippen MR) is 324 cm³/mol. The zero-order valence-electron chi connectivity index (χ0n) is 51.9. The van der Waals surface area contributed by atoms with Crippen LogP contribution in [-0.2, 0) is 28.4 Å². The van der Waals surface area contributed by atoms with Gasteiger partial charge >= 0.3 is 34.4 Å². The average Bonchev–Trinajstić information content (AvgIpc) is 1.33. The highest BCUT2D eigenvalue weighted by atomic mass is 19.3. The van der Waals surface area contributed by atoms with Crippen LogP contribution < -0.4 is 62.7 Å². The second kappa shape index (κ2) is 34.7. The van der Waals surface area contributed by atoms with Gasteiger partial charge in [0.25, 0.3) is 5.56 Å². The number of H-pyrrole nitrogens is 1. The number of ether oxygens (including phenoxy) is 6. The lowest BCUT2D eigenvalue weighted by atomic mass is 10.0. The first-order chi connectivity index (χ1) is 47.8. The largest absolute Gasteiger partial charge is 0.394 e. The quantitative estimate of drug-likeness (QED) is 0.0541. The van der Waals surface area contributed by atoms with Crippen LogP contribution >= 0.6 is 0 Å². The van der Waals surface area contributed by atoms with Crippen LogP contribution in [0.5, 0.6) is 0 Å². The number of nitrogen functional groups attached to an aromatic ring is 5. The van der Waals surface area contributed by atoms with Crippen molar-refractivity contribution in [3.63, 3.8) is 0 Å². The Labute approximate surface area is 560 Å². The van der Waals surface area contributed by atoms with Crippen LogP contribution in [0.4, 0.5) is 38.3 Å². The Balaban J connectivity index is 0.000000170. The maximum Gasteiger partial charge on any atom is 0.354 e. The van der Waals surface area contributed by atoms with Gasteiger partial charge < -0.3 is 139 Å². The Bertz CT molecular complexity index is 3870. The standard InChI is InChI=1S/C9H11F2N3O4.2C9H13N3O5.C9H12N2O5.C8H12N4O5.C8H12N4O4/c10-9(11)6(16)4(3-15)18-7(9)14-2-1-5(12)13-8(14)17;10-9-11-1-3(8(16)12-9)7-6(15)5(14)4(2-13)17-7;10-5-1-2-12(9(16)11-5)8-7(15)6(14)4(3-13)17-8;12-4-5-6(13)7(14)8(16-5)11-3-1-2-10-9(11)15;9-7-10-2-12(8(16)11-7)6-5(15)4(14)3(1-13)17-6;9-7-10-3-12(8(15)11-7)6-1-4(14)5(2-13)16-6/h1-2,4,6-7,15-16H,3H2,(H2,12,13,17);1,4-7,13-15H,2H2,(H3,10,11,12,16);1-2,4,6-8,13-15H,3H2,(H2,10,11,16);1-3,5-8,12-14H,4H2;2-6,13-15H,1H2,(H2,9,11,16);3-6,13-14H,1-2H2,(H2,9,11,15)/t4-,6?,7-;4-,5?,6+,7+;4-,6?,7-,8-;5-,6?,7+,8-;3-,4?,5+,6-;4?,5-,6-/m111111/s1. The molecule has 0 saturated carbocycles. The van der Waals surface area contributed by atoms with Gasteiger partial charge in [0.1, 0.15) is 122 Å². The summed E-state index contributed by atoms with van der Waals surface area (Å²) in [6.45, 7) is -2.89. The molecule has 0 aliphatic carbocycles. The molecule has 0 radical (unpaired) electrons. The maximum atomic E-state index is 13.7. The fraction of sp³-hybridized carbons (Fsp3) is 0.577. The molecular formula is C52H73F2N19O28. The Hall–Kier alpha value is -8.88. The van der Waals surface area contributed by atoms with Gasteiger partial charge in [0.15, 0.2) is 30.7 Å². The highest BCUT2D eigenvalue weighted by molar-refractivity contribution is 5.25. The minimum Gasteiger partial charge on any atom is -0.394 e. The third-order valence-electron chi connectivity index (χ3n) is 15.5. The molecule has 6 saturated heterocycles. The molecule has 6 aliphatic rings. The first-order valence-electron chi connectivity index (χ1n) is 29.5. The zero-order valence-corrected chi connectivity index (χ0v) is 51.9. The second-order valence-corrected chi connectivity index (χ2v) is 22.1. The first kappa shape index (κ1) is 79.4. The number of rotatable bonds is 12. The van der Waals surface area contributed by atoms with Crippen LogP contribution in [-0.4, -0.2) is 293 Å². The van der Waals surface area contributed by atoms with E-state index >= 15 is 0 Å². The lowest BCUT2D eigenvalue weighted by molar-refractivity contribution is -0.140. The van der Waals surface area contributed by atoms with Gasteiger partial charge in [0, 0.05) is 37.4 Å². The number of anilines is 5. The molecule has 12 rings (SSSR count). The molecule has 49 heteroatoms. The molecule has 22 atom stereocenters. The van der Waals surface area contributed by atoms with Crippen LogP contribution in [0.25, 0.3) is 0 Å². The van der Waals surface area contributed by atoms with Crippen molar-refractivity contribution >= 4 is 29.5 Å². The summed E-state index contributed by atoms with van der Waals surface area (Å²) in [7, 11) is 0. The summed E-state index contributed by atoms with van der Waals surface area (Å²) in [5.74, 6) is -4.13. The fourth-order valence-corrected chi connectivity index (χ4v) is 10.1. The van der Waals surface area contributed by atoms with Gasteiger partial charge in [-0.05, 0) is 18.2 Å². The number of alkyl halides is 2. The molecule has 6 fully saturated rings. The molecule has 27 N–H and O–H groups in total. The minimum atomic E-state index is -3.71. The normalized spacial score (nSPS) is 32.1.